The summed E-state index contributed by atoms with van der Waals surface area (Å²) < 4.78 is 52.6. The summed E-state index contributed by atoms with van der Waals surface area (Å²) in [7, 11) is 0. The number of benzene rings is 2. The van der Waals surface area contributed by atoms with Crippen LogP contribution in [0.25, 0.3) is 0 Å². The molecule has 0 radical (unpaired) electrons. The lowest BCUT2D eigenvalue weighted by molar-refractivity contribution is -0.137. The van der Waals surface area contributed by atoms with Gasteiger partial charge in [0.1, 0.15) is 5.82 Å². The Bertz CT molecular complexity index is 1160. The molecule has 166 valence electrons. The lowest BCUT2D eigenvalue weighted by Gasteiger charge is -2.21. The number of carbonyl (C=O) groups is 2. The molecule has 32 heavy (non-hydrogen) atoms. The number of aryl methyl sites for hydroxylation is 1. The molecule has 0 saturated heterocycles. The third-order valence-electron chi connectivity index (χ3n) is 5.22. The van der Waals surface area contributed by atoms with Crippen LogP contribution in [0.5, 0.6) is 0 Å². The number of hydrogen-bond acceptors (Lipinski definition) is 3. The Labute approximate surface area is 185 Å². The predicted molar refractivity (Wildman–Crippen MR) is 115 cm³/mol. The Morgan fingerprint density at radius 1 is 1.00 bits per heavy atom. The van der Waals surface area contributed by atoms with E-state index in [1.807, 2.05) is 11.4 Å². The minimum atomic E-state index is -4.69. The fourth-order valence-electron chi connectivity index (χ4n) is 3.57. The van der Waals surface area contributed by atoms with E-state index in [1.165, 1.54) is 29.1 Å². The number of rotatable bonds is 3. The van der Waals surface area contributed by atoms with Crippen LogP contribution in [-0.4, -0.2) is 18.4 Å². The first kappa shape index (κ1) is 22.0. The molecule has 9 heteroatoms. The van der Waals surface area contributed by atoms with Crippen LogP contribution in [0.3, 0.4) is 0 Å². The number of thiophene rings is 1. The van der Waals surface area contributed by atoms with Crippen molar-refractivity contribution in [2.45, 2.75) is 25.4 Å². The van der Waals surface area contributed by atoms with Crippen molar-refractivity contribution in [3.8, 4) is 0 Å². The molecule has 0 spiro atoms. The quantitative estimate of drug-likeness (QED) is 0.475. The van der Waals surface area contributed by atoms with Gasteiger partial charge in [0.15, 0.2) is 0 Å². The van der Waals surface area contributed by atoms with Crippen molar-refractivity contribution < 1.29 is 27.2 Å². The molecular weight excluding hydrogens is 444 g/mol. The molecule has 4 nitrogen and oxygen atoms in total. The highest BCUT2D eigenvalue weighted by Crippen LogP contribution is 2.32. The minimum Gasteiger partial charge on any atom is -0.322 e. The fourth-order valence-corrected chi connectivity index (χ4v) is 4.50. The first-order valence-electron chi connectivity index (χ1n) is 9.90. The zero-order valence-corrected chi connectivity index (χ0v) is 17.5. The van der Waals surface area contributed by atoms with Gasteiger partial charge in [-0.15, -0.1) is 11.3 Å². The van der Waals surface area contributed by atoms with Crippen molar-refractivity contribution in [2.24, 2.45) is 0 Å². The maximum atomic E-state index is 13.9. The summed E-state index contributed by atoms with van der Waals surface area (Å²) in [5.74, 6) is -2.24. The summed E-state index contributed by atoms with van der Waals surface area (Å²) in [6, 6.07) is 9.57. The van der Waals surface area contributed by atoms with Crippen LogP contribution in [0, 0.1) is 5.82 Å². The molecule has 0 saturated carbocycles. The first-order chi connectivity index (χ1) is 15.2. The normalized spacial score (nSPS) is 13.9. The molecule has 3 aromatic rings. The number of nitrogens with one attached hydrogen (secondary N) is 1. The van der Waals surface area contributed by atoms with E-state index in [0.717, 1.165) is 24.9 Å². The molecule has 0 unspecified atom stereocenters. The van der Waals surface area contributed by atoms with Crippen LogP contribution in [0.2, 0.25) is 0 Å². The van der Waals surface area contributed by atoms with E-state index in [2.05, 4.69) is 5.32 Å². The van der Waals surface area contributed by atoms with E-state index in [4.69, 9.17) is 0 Å². The van der Waals surface area contributed by atoms with E-state index >= 15 is 0 Å². The maximum Gasteiger partial charge on any atom is 0.416 e. The average molecular weight is 462 g/mol. The lowest BCUT2D eigenvalue weighted by atomic mass is 10.1. The van der Waals surface area contributed by atoms with Gasteiger partial charge in [-0.1, -0.05) is 0 Å². The van der Waals surface area contributed by atoms with Crippen LogP contribution >= 0.6 is 11.3 Å². The van der Waals surface area contributed by atoms with Crippen LogP contribution in [0.4, 0.5) is 28.9 Å². The highest BCUT2D eigenvalue weighted by atomic mass is 32.1. The summed E-state index contributed by atoms with van der Waals surface area (Å²) in [6.07, 6.45) is -1.85. The third kappa shape index (κ3) is 4.52. The van der Waals surface area contributed by atoms with E-state index < -0.39 is 29.0 Å². The molecule has 0 fully saturated rings. The maximum absolute atomic E-state index is 13.9. The van der Waals surface area contributed by atoms with Gasteiger partial charge in [-0.3, -0.25) is 9.59 Å². The Hall–Kier alpha value is -3.20. The number of amides is 2. The summed E-state index contributed by atoms with van der Waals surface area (Å²) >= 11 is 1.62. The van der Waals surface area contributed by atoms with Gasteiger partial charge in [-0.2, -0.15) is 13.2 Å². The molecule has 1 aliphatic heterocycles. The van der Waals surface area contributed by atoms with E-state index in [1.54, 1.807) is 16.2 Å². The second kappa shape index (κ2) is 8.74. The van der Waals surface area contributed by atoms with Crippen molar-refractivity contribution in [3.63, 3.8) is 0 Å². The van der Waals surface area contributed by atoms with Gasteiger partial charge >= 0.3 is 6.18 Å². The molecule has 1 aromatic heterocycles. The Balaban J connectivity index is 1.50. The summed E-state index contributed by atoms with van der Waals surface area (Å²) in [4.78, 5) is 28.3. The second-order valence-electron chi connectivity index (χ2n) is 7.37. The molecule has 4 rings (SSSR count). The molecule has 0 aliphatic carbocycles. The SMILES string of the molecule is O=C(Nc1ccc(C(=O)N2CCCCc3sccc32)cc1)c1cc(C(F)(F)F)ccc1F. The molecule has 2 amide bonds. The highest BCUT2D eigenvalue weighted by Gasteiger charge is 2.32. The van der Waals surface area contributed by atoms with E-state index in [0.29, 0.717) is 30.3 Å². The monoisotopic (exact) mass is 462 g/mol. The van der Waals surface area contributed by atoms with Crippen LogP contribution in [-0.2, 0) is 12.6 Å². The van der Waals surface area contributed by atoms with Crippen molar-refractivity contribution in [3.05, 3.63) is 81.3 Å². The fraction of sp³-hybridized carbons (Fsp3) is 0.217. The van der Waals surface area contributed by atoms with Gasteiger partial charge in [0.05, 0.1) is 16.8 Å². The van der Waals surface area contributed by atoms with Gasteiger partial charge in [0.25, 0.3) is 11.8 Å². The standard InChI is InChI=1S/C23H18F4N2O2S/c24-18-9-6-15(23(25,26)27)13-17(18)21(30)28-16-7-4-14(5-8-16)22(31)29-11-2-1-3-20-19(29)10-12-32-20/h4-10,12-13H,1-3,11H2,(H,28,30). The van der Waals surface area contributed by atoms with Crippen molar-refractivity contribution >= 4 is 34.5 Å². The molecule has 0 bridgehead atoms. The number of hydrogen-bond donors (Lipinski definition) is 1. The third-order valence-corrected chi connectivity index (χ3v) is 6.19. The molecule has 1 aliphatic rings. The predicted octanol–water partition coefficient (Wildman–Crippen LogP) is 6.14. The smallest absolute Gasteiger partial charge is 0.322 e. The topological polar surface area (TPSA) is 49.4 Å². The lowest BCUT2D eigenvalue weighted by Crippen LogP contribution is -2.31. The zero-order chi connectivity index (χ0) is 22.9. The van der Waals surface area contributed by atoms with Gasteiger partial charge in [-0.25, -0.2) is 4.39 Å². The first-order valence-corrected chi connectivity index (χ1v) is 10.8. The van der Waals surface area contributed by atoms with Crippen molar-refractivity contribution in [1.82, 2.24) is 0 Å². The largest absolute Gasteiger partial charge is 0.416 e. The van der Waals surface area contributed by atoms with Gasteiger partial charge in [-0.05, 0) is 73.2 Å². The number of nitrogens with zero attached hydrogens (tertiary/aromatic N) is 1. The molecule has 2 aromatic carbocycles. The second-order valence-corrected chi connectivity index (χ2v) is 8.37. The average Bonchev–Trinajstić information content (AvgIpc) is 3.12. The number of anilines is 2. The summed E-state index contributed by atoms with van der Waals surface area (Å²) in [5.41, 5.74) is -0.276. The minimum absolute atomic E-state index is 0.173. The zero-order valence-electron chi connectivity index (χ0n) is 16.7. The number of alkyl halides is 3. The van der Waals surface area contributed by atoms with E-state index in [9.17, 15) is 27.2 Å². The van der Waals surface area contributed by atoms with Gasteiger partial charge < -0.3 is 10.2 Å². The van der Waals surface area contributed by atoms with Crippen LogP contribution in [0.1, 0.15) is 44.0 Å². The number of fused-ring (bicyclic) bond motifs is 1. The van der Waals surface area contributed by atoms with E-state index in [-0.39, 0.29) is 11.6 Å². The summed E-state index contributed by atoms with van der Waals surface area (Å²) in [5, 5.41) is 4.34. The number of halogens is 4. The number of carbonyl (C=O) groups excluding carboxylic acids is 2. The van der Waals surface area contributed by atoms with Crippen molar-refractivity contribution in [2.75, 3.05) is 16.8 Å². The molecule has 1 N–H and O–H groups in total. The molecule has 0 atom stereocenters. The molecule has 2 heterocycles. The van der Waals surface area contributed by atoms with Crippen molar-refractivity contribution in [1.29, 1.82) is 0 Å². The Morgan fingerprint density at radius 3 is 2.47 bits per heavy atom. The van der Waals surface area contributed by atoms with Crippen LogP contribution in [0.15, 0.2) is 53.9 Å². The Kier molecular flexibility index (Phi) is 6.01. The van der Waals surface area contributed by atoms with Gasteiger partial charge in [0, 0.05) is 22.7 Å². The Morgan fingerprint density at radius 2 is 1.75 bits per heavy atom. The van der Waals surface area contributed by atoms with Crippen LogP contribution < -0.4 is 10.2 Å². The highest BCUT2D eigenvalue weighted by molar-refractivity contribution is 7.10. The summed E-state index contributed by atoms with van der Waals surface area (Å²) in [6.45, 7) is 0.607. The molecular formula is C23H18F4N2O2S. The van der Waals surface area contributed by atoms with Gasteiger partial charge in [0.2, 0.25) is 0 Å².